The Morgan fingerprint density at radius 3 is 2.46 bits per heavy atom. The quantitative estimate of drug-likeness (QED) is 0.255. The van der Waals surface area contributed by atoms with Crippen LogP contribution in [0.2, 0.25) is 0 Å². The largest absolute Gasteiger partial charge is 0.488 e. The van der Waals surface area contributed by atoms with Gasteiger partial charge in [0.05, 0.1) is 0 Å². The van der Waals surface area contributed by atoms with Crippen LogP contribution in [0.3, 0.4) is 0 Å². The number of aliphatic imine (C=N–C) groups is 1. The van der Waals surface area contributed by atoms with Crippen LogP contribution in [0.5, 0.6) is 11.5 Å². The number of benzene rings is 3. The fourth-order valence-electron chi connectivity index (χ4n) is 6.01. The fourth-order valence-corrected chi connectivity index (χ4v) is 6.01. The number of ether oxygens (including phenoxy) is 2. The third-order valence-electron chi connectivity index (χ3n) is 8.24. The van der Waals surface area contributed by atoms with Gasteiger partial charge in [0.1, 0.15) is 24.7 Å². The monoisotopic (exact) mass is 522 g/mol. The minimum atomic E-state index is 0.511. The summed E-state index contributed by atoms with van der Waals surface area (Å²) in [4.78, 5) is 6.81. The number of nitrogens with zero attached hydrogens (tertiary/aromatic N) is 2. The molecule has 2 aliphatic rings. The molecule has 0 aromatic heterocycles. The van der Waals surface area contributed by atoms with E-state index < -0.39 is 0 Å². The predicted molar refractivity (Wildman–Crippen MR) is 162 cm³/mol. The lowest BCUT2D eigenvalue weighted by molar-refractivity contribution is 0.216. The normalized spacial score (nSPS) is 16.0. The molecule has 0 spiro atoms. The summed E-state index contributed by atoms with van der Waals surface area (Å²) in [7, 11) is 1.81. The molecule has 0 saturated carbocycles. The first kappa shape index (κ1) is 27.2. The molecule has 3 aromatic rings. The van der Waals surface area contributed by atoms with Crippen LogP contribution in [0, 0.1) is 6.92 Å². The van der Waals surface area contributed by atoms with Crippen LogP contribution in [0.25, 0.3) is 11.1 Å². The smallest absolute Gasteiger partial charge is 0.128 e. The molecule has 0 bridgehead atoms. The highest BCUT2D eigenvalue weighted by atomic mass is 16.5. The van der Waals surface area contributed by atoms with Crippen molar-refractivity contribution in [3.63, 3.8) is 0 Å². The van der Waals surface area contributed by atoms with Crippen LogP contribution < -0.4 is 9.47 Å². The Bertz CT molecular complexity index is 1320. The van der Waals surface area contributed by atoms with E-state index in [1.165, 1.54) is 77.7 Å². The van der Waals surface area contributed by atoms with Gasteiger partial charge in [-0.05, 0) is 92.4 Å². The second-order valence-corrected chi connectivity index (χ2v) is 10.8. The highest BCUT2D eigenvalue weighted by Gasteiger charge is 2.26. The predicted octanol–water partition coefficient (Wildman–Crippen LogP) is 7.74. The van der Waals surface area contributed by atoms with Gasteiger partial charge in [0.15, 0.2) is 0 Å². The van der Waals surface area contributed by atoms with E-state index >= 15 is 0 Å². The van der Waals surface area contributed by atoms with E-state index in [2.05, 4.69) is 77.5 Å². The second-order valence-electron chi connectivity index (χ2n) is 10.8. The molecule has 5 rings (SSSR count). The van der Waals surface area contributed by atoms with Gasteiger partial charge >= 0.3 is 0 Å². The first-order chi connectivity index (χ1) is 19.2. The molecule has 4 nitrogen and oxygen atoms in total. The zero-order valence-corrected chi connectivity index (χ0v) is 23.8. The zero-order valence-electron chi connectivity index (χ0n) is 23.8. The average Bonchev–Trinajstić information content (AvgIpc) is 3.47. The van der Waals surface area contributed by atoms with E-state index in [0.29, 0.717) is 13.2 Å². The van der Waals surface area contributed by atoms with Crippen molar-refractivity contribution in [3.05, 3.63) is 94.1 Å². The van der Waals surface area contributed by atoms with Crippen LogP contribution in [0.1, 0.15) is 60.4 Å². The molecule has 204 valence electrons. The number of hydrogen-bond donors (Lipinski definition) is 0. The fraction of sp³-hybridized carbons (Fsp3) is 0.400. The van der Waals surface area contributed by atoms with Crippen molar-refractivity contribution in [3.8, 4) is 22.6 Å². The second kappa shape index (κ2) is 13.1. The number of hydrogen-bond acceptors (Lipinski definition) is 4. The summed E-state index contributed by atoms with van der Waals surface area (Å²) in [6.45, 7) is 8.61. The minimum Gasteiger partial charge on any atom is -0.488 e. The summed E-state index contributed by atoms with van der Waals surface area (Å²) in [5.41, 5.74) is 10.3. The lowest BCUT2D eigenvalue weighted by Crippen LogP contribution is -2.29. The first-order valence-electron chi connectivity index (χ1n) is 14.5. The molecule has 3 aromatic carbocycles. The lowest BCUT2D eigenvalue weighted by Gasteiger charge is -2.29. The van der Waals surface area contributed by atoms with Gasteiger partial charge in [-0.25, -0.2) is 0 Å². The van der Waals surface area contributed by atoms with Crippen LogP contribution >= 0.6 is 0 Å². The third-order valence-corrected chi connectivity index (χ3v) is 8.24. The van der Waals surface area contributed by atoms with Gasteiger partial charge in [0, 0.05) is 37.0 Å². The van der Waals surface area contributed by atoms with Crippen molar-refractivity contribution in [2.75, 3.05) is 26.7 Å². The van der Waals surface area contributed by atoms with E-state index in [1.54, 1.807) is 7.05 Å². The number of piperidine rings is 1. The number of likely N-dealkylation sites (tertiary alicyclic amines) is 1. The van der Waals surface area contributed by atoms with Gasteiger partial charge in [0.25, 0.3) is 0 Å². The van der Waals surface area contributed by atoms with E-state index in [1.807, 2.05) is 13.1 Å². The van der Waals surface area contributed by atoms with Crippen LogP contribution in [-0.4, -0.2) is 37.9 Å². The van der Waals surface area contributed by atoms with E-state index in [0.717, 1.165) is 36.5 Å². The topological polar surface area (TPSA) is 34.1 Å². The van der Waals surface area contributed by atoms with Crippen molar-refractivity contribution in [2.24, 2.45) is 4.99 Å². The van der Waals surface area contributed by atoms with Crippen LogP contribution in [0.4, 0.5) is 0 Å². The third kappa shape index (κ3) is 6.45. The molecule has 39 heavy (non-hydrogen) atoms. The van der Waals surface area contributed by atoms with E-state index in [9.17, 15) is 0 Å². The summed E-state index contributed by atoms with van der Waals surface area (Å²) >= 11 is 0. The Labute approximate surface area is 234 Å². The van der Waals surface area contributed by atoms with Crippen molar-refractivity contribution in [2.45, 2.75) is 65.5 Å². The maximum absolute atomic E-state index is 6.64. The summed E-state index contributed by atoms with van der Waals surface area (Å²) < 4.78 is 13.2. The molecular formula is C35H42N2O2. The number of allylic oxidation sites excluding steroid dienone is 1. The summed E-state index contributed by atoms with van der Waals surface area (Å²) in [5.74, 6) is 1.95. The van der Waals surface area contributed by atoms with Crippen molar-refractivity contribution >= 4 is 6.21 Å². The standard InChI is InChI=1S/C35H42N2O2/c1-4-27(22-36-3)24-38-35-21-34(32-18-12-17-31(32)33(35)23-37-19-9-6-10-20-37)39-25-29-15-11-16-30(26(29)2)28-13-7-5-8-14-28/h4-5,7-8,11,13-16,21-22H,6,9-10,12,17-20,23-25H2,1-3H3/b27-4+,36-22-. The molecule has 1 heterocycles. The average molecular weight is 523 g/mol. The molecule has 0 atom stereocenters. The maximum Gasteiger partial charge on any atom is 0.128 e. The minimum absolute atomic E-state index is 0.511. The van der Waals surface area contributed by atoms with Crippen LogP contribution in [-0.2, 0) is 26.0 Å². The van der Waals surface area contributed by atoms with Gasteiger partial charge < -0.3 is 9.47 Å². The van der Waals surface area contributed by atoms with Gasteiger partial charge in [-0.3, -0.25) is 9.89 Å². The molecular weight excluding hydrogens is 480 g/mol. The van der Waals surface area contributed by atoms with Gasteiger partial charge in [0.2, 0.25) is 0 Å². The SMILES string of the molecule is C/C=C(\C=N/C)COc1cc(OCc2cccc(-c3ccccc3)c2C)c2c(c1CN1CCCCC1)CCC2. The molecule has 0 N–H and O–H groups in total. The Morgan fingerprint density at radius 1 is 0.897 bits per heavy atom. The molecule has 1 saturated heterocycles. The summed E-state index contributed by atoms with van der Waals surface area (Å²) in [5, 5.41) is 0. The highest BCUT2D eigenvalue weighted by Crippen LogP contribution is 2.41. The van der Waals surface area contributed by atoms with Gasteiger partial charge in [-0.1, -0.05) is 61.0 Å². The molecule has 1 aliphatic heterocycles. The van der Waals surface area contributed by atoms with Gasteiger partial charge in [-0.2, -0.15) is 0 Å². The van der Waals surface area contributed by atoms with Crippen molar-refractivity contribution in [1.29, 1.82) is 0 Å². The maximum atomic E-state index is 6.64. The highest BCUT2D eigenvalue weighted by molar-refractivity contribution is 5.78. The molecule has 1 aliphatic carbocycles. The van der Waals surface area contributed by atoms with E-state index in [4.69, 9.17) is 9.47 Å². The summed E-state index contributed by atoms with van der Waals surface area (Å²) in [6, 6.07) is 19.3. The molecule has 0 radical (unpaired) electrons. The molecule has 4 heteroatoms. The molecule has 0 unspecified atom stereocenters. The zero-order chi connectivity index (χ0) is 27.0. The van der Waals surface area contributed by atoms with Crippen molar-refractivity contribution in [1.82, 2.24) is 4.90 Å². The Hall–Kier alpha value is -3.37. The van der Waals surface area contributed by atoms with Crippen LogP contribution in [0.15, 0.2) is 71.2 Å². The Balaban J connectivity index is 1.44. The molecule has 1 fully saturated rings. The van der Waals surface area contributed by atoms with Gasteiger partial charge in [-0.15, -0.1) is 0 Å². The Morgan fingerprint density at radius 2 is 1.69 bits per heavy atom. The number of rotatable bonds is 10. The lowest BCUT2D eigenvalue weighted by atomic mass is 9.96. The first-order valence-corrected chi connectivity index (χ1v) is 14.5. The Kier molecular flexibility index (Phi) is 9.15. The van der Waals surface area contributed by atoms with Crippen molar-refractivity contribution < 1.29 is 9.47 Å². The van der Waals surface area contributed by atoms with E-state index in [-0.39, 0.29) is 0 Å². The summed E-state index contributed by atoms with van der Waals surface area (Å²) in [6.07, 6.45) is 11.2. The number of fused-ring (bicyclic) bond motifs is 1. The molecule has 0 amide bonds.